The zero-order valence-corrected chi connectivity index (χ0v) is 12.9. The summed E-state index contributed by atoms with van der Waals surface area (Å²) < 4.78 is 5.83. The summed E-state index contributed by atoms with van der Waals surface area (Å²) in [7, 11) is 0. The molecule has 0 fully saturated rings. The lowest BCUT2D eigenvalue weighted by Crippen LogP contribution is -2.06. The first-order valence-corrected chi connectivity index (χ1v) is 6.77. The summed E-state index contributed by atoms with van der Waals surface area (Å²) >= 11 is 0. The molecule has 4 heteroatoms. The number of rotatable bonds is 3. The van der Waals surface area contributed by atoms with Crippen molar-refractivity contribution < 1.29 is 14.6 Å². The Morgan fingerprint density at radius 3 is 2.33 bits per heavy atom. The lowest BCUT2D eigenvalue weighted by atomic mass is 10.1. The van der Waals surface area contributed by atoms with Crippen LogP contribution in [0.25, 0.3) is 0 Å². The Morgan fingerprint density at radius 1 is 1.05 bits per heavy atom. The van der Waals surface area contributed by atoms with Crippen molar-refractivity contribution >= 4 is 5.97 Å². The molecule has 0 saturated heterocycles. The highest BCUT2D eigenvalue weighted by Crippen LogP contribution is 2.31. The molecular formula is C17H19NO3. The number of carboxylic acid groups (broad SMARTS) is 1. The lowest BCUT2D eigenvalue weighted by molar-refractivity contribution is 0.0692. The first-order chi connectivity index (χ1) is 9.79. The normalized spacial score (nSPS) is 10.5. The maximum atomic E-state index is 11.4. The summed E-state index contributed by atoms with van der Waals surface area (Å²) in [4.78, 5) is 15.7. The molecular weight excluding hydrogens is 266 g/mol. The molecule has 0 atom stereocenters. The number of aromatic nitrogens is 1. The third-order valence-corrected chi connectivity index (χ3v) is 3.50. The second-order valence-corrected chi connectivity index (χ2v) is 5.37. The molecule has 0 bridgehead atoms. The summed E-state index contributed by atoms with van der Waals surface area (Å²) in [6.45, 7) is 9.50. The van der Waals surface area contributed by atoms with Gasteiger partial charge in [0.1, 0.15) is 11.3 Å². The molecule has 110 valence electrons. The zero-order chi connectivity index (χ0) is 15.7. The molecule has 1 heterocycles. The molecule has 2 rings (SSSR count). The van der Waals surface area contributed by atoms with Crippen molar-refractivity contribution in [2.45, 2.75) is 34.6 Å². The van der Waals surface area contributed by atoms with Gasteiger partial charge in [-0.1, -0.05) is 6.07 Å². The number of nitrogens with zero attached hydrogens (tertiary/aromatic N) is 1. The number of carboxylic acids is 1. The van der Waals surface area contributed by atoms with E-state index in [-0.39, 0.29) is 11.4 Å². The molecule has 1 aromatic heterocycles. The Kier molecular flexibility index (Phi) is 3.98. The molecule has 0 radical (unpaired) electrons. The quantitative estimate of drug-likeness (QED) is 0.921. The van der Waals surface area contributed by atoms with Gasteiger partial charge in [0.15, 0.2) is 0 Å². The number of pyridine rings is 1. The van der Waals surface area contributed by atoms with Crippen LogP contribution < -0.4 is 4.74 Å². The lowest BCUT2D eigenvalue weighted by Gasteiger charge is -2.14. The Hall–Kier alpha value is -2.36. The molecule has 0 amide bonds. The molecule has 0 saturated carbocycles. The third-order valence-electron chi connectivity index (χ3n) is 3.50. The number of aryl methyl sites for hydroxylation is 4. The van der Waals surface area contributed by atoms with Crippen LogP contribution in [0.4, 0.5) is 0 Å². The largest absolute Gasteiger partial charge is 0.477 e. The second-order valence-electron chi connectivity index (χ2n) is 5.37. The summed E-state index contributed by atoms with van der Waals surface area (Å²) in [5.41, 5.74) is 4.64. The van der Waals surface area contributed by atoms with E-state index in [0.29, 0.717) is 11.3 Å². The predicted octanol–water partition coefficient (Wildman–Crippen LogP) is 4.11. The molecule has 1 aromatic carbocycles. The summed E-state index contributed by atoms with van der Waals surface area (Å²) in [6.07, 6.45) is 0. The molecule has 0 unspecified atom stereocenters. The second kappa shape index (κ2) is 5.56. The minimum atomic E-state index is -1.03. The van der Waals surface area contributed by atoms with Gasteiger partial charge in [-0.05, 0) is 69.0 Å². The highest BCUT2D eigenvalue weighted by atomic mass is 16.5. The molecule has 1 N–H and O–H groups in total. The Labute approximate surface area is 124 Å². The Bertz CT molecular complexity index is 720. The maximum Gasteiger partial charge on any atom is 0.341 e. The monoisotopic (exact) mass is 285 g/mol. The van der Waals surface area contributed by atoms with Crippen LogP contribution in [0.15, 0.2) is 18.2 Å². The number of ether oxygens (including phenoxy) is 1. The van der Waals surface area contributed by atoms with Gasteiger partial charge in [0, 0.05) is 5.69 Å². The van der Waals surface area contributed by atoms with Gasteiger partial charge in [-0.15, -0.1) is 0 Å². The minimum Gasteiger partial charge on any atom is -0.477 e. The average molecular weight is 285 g/mol. The van der Waals surface area contributed by atoms with E-state index in [2.05, 4.69) is 11.1 Å². The van der Waals surface area contributed by atoms with Crippen LogP contribution in [-0.4, -0.2) is 16.1 Å². The Morgan fingerprint density at radius 2 is 1.71 bits per heavy atom. The van der Waals surface area contributed by atoms with Crippen LogP contribution in [0.1, 0.15) is 38.3 Å². The third kappa shape index (κ3) is 3.05. The summed E-state index contributed by atoms with van der Waals surface area (Å²) in [6, 6.07) is 5.70. The van der Waals surface area contributed by atoms with Gasteiger partial charge in [0.2, 0.25) is 5.88 Å². The molecule has 2 aromatic rings. The van der Waals surface area contributed by atoms with E-state index >= 15 is 0 Å². The predicted molar refractivity (Wildman–Crippen MR) is 81.4 cm³/mol. The van der Waals surface area contributed by atoms with E-state index < -0.39 is 5.97 Å². The van der Waals surface area contributed by atoms with Gasteiger partial charge in [0.25, 0.3) is 0 Å². The van der Waals surface area contributed by atoms with Crippen molar-refractivity contribution in [3.05, 3.63) is 51.7 Å². The van der Waals surface area contributed by atoms with Crippen molar-refractivity contribution in [3.63, 3.8) is 0 Å². The van der Waals surface area contributed by atoms with Gasteiger partial charge in [-0.2, -0.15) is 0 Å². The number of carbonyl (C=O) groups is 1. The zero-order valence-electron chi connectivity index (χ0n) is 12.9. The molecule has 0 aliphatic rings. The van der Waals surface area contributed by atoms with Crippen LogP contribution in [-0.2, 0) is 0 Å². The van der Waals surface area contributed by atoms with E-state index in [9.17, 15) is 9.90 Å². The molecule has 0 aliphatic heterocycles. The van der Waals surface area contributed by atoms with Crippen molar-refractivity contribution in [2.75, 3.05) is 0 Å². The van der Waals surface area contributed by atoms with E-state index in [0.717, 1.165) is 22.4 Å². The first kappa shape index (κ1) is 15.0. The van der Waals surface area contributed by atoms with E-state index in [1.54, 1.807) is 13.0 Å². The SMILES string of the molecule is Cc1cc(C)c(C)c(Oc2nc(C)cc(C)c2C(=O)O)c1. The number of hydrogen-bond donors (Lipinski definition) is 1. The Balaban J connectivity index is 2.57. The smallest absolute Gasteiger partial charge is 0.341 e. The molecule has 21 heavy (non-hydrogen) atoms. The van der Waals surface area contributed by atoms with E-state index in [1.807, 2.05) is 33.8 Å². The van der Waals surface area contributed by atoms with Gasteiger partial charge < -0.3 is 9.84 Å². The van der Waals surface area contributed by atoms with Crippen molar-refractivity contribution in [2.24, 2.45) is 0 Å². The van der Waals surface area contributed by atoms with Crippen LogP contribution in [0.3, 0.4) is 0 Å². The fourth-order valence-corrected chi connectivity index (χ4v) is 2.35. The molecule has 4 nitrogen and oxygen atoms in total. The van der Waals surface area contributed by atoms with Crippen molar-refractivity contribution in [1.82, 2.24) is 4.98 Å². The number of benzene rings is 1. The van der Waals surface area contributed by atoms with E-state index in [1.165, 1.54) is 0 Å². The fourth-order valence-electron chi connectivity index (χ4n) is 2.35. The van der Waals surface area contributed by atoms with Crippen molar-refractivity contribution in [3.8, 4) is 11.6 Å². The first-order valence-electron chi connectivity index (χ1n) is 6.77. The number of aromatic carboxylic acids is 1. The topological polar surface area (TPSA) is 59.4 Å². The molecule has 0 spiro atoms. The highest BCUT2D eigenvalue weighted by Gasteiger charge is 2.18. The van der Waals surface area contributed by atoms with Crippen molar-refractivity contribution in [1.29, 1.82) is 0 Å². The van der Waals surface area contributed by atoms with Gasteiger partial charge in [0.05, 0.1) is 0 Å². The van der Waals surface area contributed by atoms with Gasteiger partial charge >= 0.3 is 5.97 Å². The van der Waals surface area contributed by atoms with Crippen LogP contribution in [0, 0.1) is 34.6 Å². The summed E-state index contributed by atoms with van der Waals surface area (Å²) in [5.74, 6) is -0.238. The summed E-state index contributed by atoms with van der Waals surface area (Å²) in [5, 5.41) is 9.37. The highest BCUT2D eigenvalue weighted by molar-refractivity contribution is 5.92. The minimum absolute atomic E-state index is 0.110. The van der Waals surface area contributed by atoms with Crippen LogP contribution in [0.5, 0.6) is 11.6 Å². The average Bonchev–Trinajstić information content (AvgIpc) is 2.33. The van der Waals surface area contributed by atoms with E-state index in [4.69, 9.17) is 4.74 Å². The maximum absolute atomic E-state index is 11.4. The van der Waals surface area contributed by atoms with Gasteiger partial charge in [-0.25, -0.2) is 9.78 Å². The van der Waals surface area contributed by atoms with Gasteiger partial charge in [-0.3, -0.25) is 0 Å². The molecule has 0 aliphatic carbocycles. The van der Waals surface area contributed by atoms with Crippen LogP contribution >= 0.6 is 0 Å². The van der Waals surface area contributed by atoms with Crippen LogP contribution in [0.2, 0.25) is 0 Å². The fraction of sp³-hybridized carbons (Fsp3) is 0.294. The number of hydrogen-bond acceptors (Lipinski definition) is 3. The standard InChI is InChI=1S/C17H19NO3/c1-9-6-10(2)13(5)14(7-9)21-16-15(17(19)20)11(3)8-12(4)18-16/h6-8H,1-5H3,(H,19,20).